The monoisotopic (exact) mass is 480 g/mol. The minimum absolute atomic E-state index is 0.0195. The number of Topliss-reactive ketones (excluding diaryl/α,β-unsaturated/α-hetero) is 1. The molecule has 0 aromatic carbocycles. The minimum Gasteiger partial charge on any atom is -0.463 e. The van der Waals surface area contributed by atoms with Gasteiger partial charge in [-0.2, -0.15) is 0 Å². The molecule has 1 aliphatic rings. The van der Waals surface area contributed by atoms with Gasteiger partial charge in [0.25, 0.3) is 0 Å². The van der Waals surface area contributed by atoms with Crippen LogP contribution in [0.25, 0.3) is 0 Å². The first-order valence-corrected chi connectivity index (χ1v) is 14.1. The molecule has 1 saturated carbocycles. The Morgan fingerprint density at radius 1 is 0.824 bits per heavy atom. The number of rotatable bonds is 20. The molecule has 0 bridgehead atoms. The second kappa shape index (κ2) is 19.0. The molecule has 0 aromatic rings. The summed E-state index contributed by atoms with van der Waals surface area (Å²) in [7, 11) is 0. The van der Waals surface area contributed by atoms with Crippen molar-refractivity contribution in [1.29, 1.82) is 0 Å². The number of aliphatic hydroxyl groups excluding tert-OH is 2. The highest BCUT2D eigenvalue weighted by Crippen LogP contribution is 2.38. The van der Waals surface area contributed by atoms with Crippen molar-refractivity contribution in [2.75, 3.05) is 0 Å². The molecule has 4 atom stereocenters. The van der Waals surface area contributed by atoms with E-state index in [1.165, 1.54) is 19.3 Å². The second-order valence-electron chi connectivity index (χ2n) is 10.5. The molecule has 1 aliphatic carbocycles. The fraction of sp³-hybridized carbons (Fsp3) is 0.862. The van der Waals surface area contributed by atoms with Crippen molar-refractivity contribution in [3.05, 3.63) is 12.2 Å². The molecule has 0 unspecified atom stereocenters. The molecule has 2 N–H and O–H groups in total. The SMILES string of the molecule is CCCCCCCC(=O)CC[C@@H]1[C@@H](CC=CCCCCCCCC(=O)OC(C)C)[C@@H](O)C[C@H]1O. The molecule has 0 aromatic heterocycles. The number of ketones is 1. The molecule has 0 saturated heterocycles. The van der Waals surface area contributed by atoms with Crippen molar-refractivity contribution in [3.8, 4) is 0 Å². The van der Waals surface area contributed by atoms with Crippen LogP contribution in [-0.2, 0) is 14.3 Å². The number of aliphatic hydroxyl groups is 2. The molecular formula is C29H52O5. The molecule has 34 heavy (non-hydrogen) atoms. The van der Waals surface area contributed by atoms with Gasteiger partial charge in [0, 0.05) is 19.3 Å². The zero-order chi connectivity index (χ0) is 25.2. The predicted octanol–water partition coefficient (Wildman–Crippen LogP) is 6.68. The highest BCUT2D eigenvalue weighted by atomic mass is 16.5. The summed E-state index contributed by atoms with van der Waals surface area (Å²) < 4.78 is 5.14. The summed E-state index contributed by atoms with van der Waals surface area (Å²) in [6.07, 6.45) is 19.1. The van der Waals surface area contributed by atoms with Crippen molar-refractivity contribution in [3.63, 3.8) is 0 Å². The first-order valence-electron chi connectivity index (χ1n) is 14.1. The highest BCUT2D eigenvalue weighted by Gasteiger charge is 2.40. The van der Waals surface area contributed by atoms with Crippen LogP contribution in [0.4, 0.5) is 0 Å². The maximum absolute atomic E-state index is 12.2. The van der Waals surface area contributed by atoms with Crippen molar-refractivity contribution >= 4 is 11.8 Å². The third-order valence-corrected chi connectivity index (χ3v) is 7.03. The van der Waals surface area contributed by atoms with E-state index in [0.717, 1.165) is 57.8 Å². The first kappa shape index (κ1) is 30.8. The molecule has 198 valence electrons. The Morgan fingerprint density at radius 2 is 1.44 bits per heavy atom. The Labute approximate surface area is 208 Å². The van der Waals surface area contributed by atoms with Crippen molar-refractivity contribution < 1.29 is 24.5 Å². The van der Waals surface area contributed by atoms with Crippen LogP contribution in [0.3, 0.4) is 0 Å². The fourth-order valence-corrected chi connectivity index (χ4v) is 5.04. The Bertz CT molecular complexity index is 571. The third-order valence-electron chi connectivity index (χ3n) is 7.03. The van der Waals surface area contributed by atoms with Crippen LogP contribution in [0.5, 0.6) is 0 Å². The van der Waals surface area contributed by atoms with Gasteiger partial charge in [-0.05, 0) is 70.6 Å². The van der Waals surface area contributed by atoms with Gasteiger partial charge < -0.3 is 14.9 Å². The van der Waals surface area contributed by atoms with Gasteiger partial charge in [0.1, 0.15) is 5.78 Å². The number of carbonyl (C=O) groups excluding carboxylic acids is 2. The molecule has 1 fully saturated rings. The lowest BCUT2D eigenvalue weighted by molar-refractivity contribution is -0.147. The smallest absolute Gasteiger partial charge is 0.306 e. The maximum Gasteiger partial charge on any atom is 0.306 e. The number of hydrogen-bond donors (Lipinski definition) is 2. The Kier molecular flexibility index (Phi) is 17.3. The first-order chi connectivity index (χ1) is 16.3. The predicted molar refractivity (Wildman–Crippen MR) is 139 cm³/mol. The molecule has 1 rings (SSSR count). The zero-order valence-electron chi connectivity index (χ0n) is 22.2. The lowest BCUT2D eigenvalue weighted by atomic mass is 9.86. The van der Waals surface area contributed by atoms with E-state index in [2.05, 4.69) is 19.1 Å². The second-order valence-corrected chi connectivity index (χ2v) is 10.5. The average Bonchev–Trinajstić information content (AvgIpc) is 3.05. The van der Waals surface area contributed by atoms with Crippen LogP contribution >= 0.6 is 0 Å². The van der Waals surface area contributed by atoms with Gasteiger partial charge in [-0.15, -0.1) is 0 Å². The Balaban J connectivity index is 2.17. The summed E-state index contributed by atoms with van der Waals surface area (Å²) >= 11 is 0. The molecule has 0 spiro atoms. The van der Waals surface area contributed by atoms with Gasteiger partial charge in [-0.25, -0.2) is 0 Å². The molecule has 0 heterocycles. The summed E-state index contributed by atoms with van der Waals surface area (Å²) in [5.74, 6) is 0.277. The van der Waals surface area contributed by atoms with E-state index in [0.29, 0.717) is 37.9 Å². The topological polar surface area (TPSA) is 83.8 Å². The van der Waals surface area contributed by atoms with Crippen LogP contribution in [0.15, 0.2) is 12.2 Å². The van der Waals surface area contributed by atoms with Crippen LogP contribution in [0.1, 0.15) is 130 Å². The number of hydrogen-bond acceptors (Lipinski definition) is 5. The molecule has 5 heteroatoms. The van der Waals surface area contributed by atoms with Gasteiger partial charge in [-0.1, -0.05) is 64.0 Å². The van der Waals surface area contributed by atoms with Crippen molar-refractivity contribution in [1.82, 2.24) is 0 Å². The summed E-state index contributed by atoms with van der Waals surface area (Å²) in [6, 6.07) is 0. The summed E-state index contributed by atoms with van der Waals surface area (Å²) in [6.45, 7) is 5.94. The number of unbranched alkanes of at least 4 members (excludes halogenated alkanes) is 9. The number of esters is 1. The largest absolute Gasteiger partial charge is 0.463 e. The van der Waals surface area contributed by atoms with E-state index < -0.39 is 12.2 Å². The van der Waals surface area contributed by atoms with Crippen LogP contribution in [0.2, 0.25) is 0 Å². The molecular weight excluding hydrogens is 428 g/mol. The Hall–Kier alpha value is -1.20. The number of ether oxygens (including phenoxy) is 1. The van der Waals surface area contributed by atoms with E-state index in [-0.39, 0.29) is 23.9 Å². The van der Waals surface area contributed by atoms with E-state index >= 15 is 0 Å². The van der Waals surface area contributed by atoms with Gasteiger partial charge in [0.05, 0.1) is 18.3 Å². The average molecular weight is 481 g/mol. The minimum atomic E-state index is -0.497. The van der Waals surface area contributed by atoms with E-state index in [9.17, 15) is 19.8 Å². The standard InChI is InChI=1S/C29H52O5/c1-4-5-6-11-14-17-24(30)20-21-26-25(27(31)22-28(26)32)18-15-12-9-7-8-10-13-16-19-29(33)34-23(2)3/h12,15,23,25-28,31-32H,4-11,13-14,16-22H2,1-3H3/t25-,26-,27+,28-/m1/s1. The molecule has 0 aliphatic heterocycles. The normalized spacial score (nSPS) is 22.6. The van der Waals surface area contributed by atoms with Gasteiger partial charge >= 0.3 is 5.97 Å². The summed E-state index contributed by atoms with van der Waals surface area (Å²) in [5, 5.41) is 20.8. The van der Waals surface area contributed by atoms with Gasteiger partial charge in [-0.3, -0.25) is 9.59 Å². The number of carbonyl (C=O) groups is 2. The van der Waals surface area contributed by atoms with E-state index in [1.54, 1.807) is 0 Å². The Morgan fingerprint density at radius 3 is 2.15 bits per heavy atom. The van der Waals surface area contributed by atoms with Crippen molar-refractivity contribution in [2.24, 2.45) is 11.8 Å². The van der Waals surface area contributed by atoms with Crippen LogP contribution < -0.4 is 0 Å². The highest BCUT2D eigenvalue weighted by molar-refractivity contribution is 5.78. The quantitative estimate of drug-likeness (QED) is 0.115. The van der Waals surface area contributed by atoms with E-state index in [1.807, 2.05) is 13.8 Å². The summed E-state index contributed by atoms with van der Waals surface area (Å²) in [5.41, 5.74) is 0. The van der Waals surface area contributed by atoms with Crippen LogP contribution in [-0.4, -0.2) is 40.3 Å². The van der Waals surface area contributed by atoms with Crippen LogP contribution in [0, 0.1) is 11.8 Å². The lowest BCUT2D eigenvalue weighted by Gasteiger charge is -2.22. The third kappa shape index (κ3) is 14.3. The van der Waals surface area contributed by atoms with Gasteiger partial charge in [0.15, 0.2) is 0 Å². The molecule has 5 nitrogen and oxygen atoms in total. The zero-order valence-corrected chi connectivity index (χ0v) is 22.2. The lowest BCUT2D eigenvalue weighted by Crippen LogP contribution is -2.22. The number of allylic oxidation sites excluding steroid dienone is 2. The van der Waals surface area contributed by atoms with Gasteiger partial charge in [0.2, 0.25) is 0 Å². The maximum atomic E-state index is 12.2. The van der Waals surface area contributed by atoms with E-state index in [4.69, 9.17) is 4.74 Å². The molecule has 0 amide bonds. The molecule has 0 radical (unpaired) electrons. The fourth-order valence-electron chi connectivity index (χ4n) is 5.04. The summed E-state index contributed by atoms with van der Waals surface area (Å²) in [4.78, 5) is 23.8. The van der Waals surface area contributed by atoms with Crippen molar-refractivity contribution in [2.45, 2.75) is 148 Å².